The summed E-state index contributed by atoms with van der Waals surface area (Å²) in [6, 6.07) is 0.129. The van der Waals surface area contributed by atoms with Crippen LogP contribution in [0.4, 0.5) is 0 Å². The van der Waals surface area contributed by atoms with E-state index in [1.54, 1.807) is 0 Å². The van der Waals surface area contributed by atoms with E-state index in [4.69, 9.17) is 10.5 Å². The van der Waals surface area contributed by atoms with Gasteiger partial charge in [0.05, 0.1) is 6.61 Å². The van der Waals surface area contributed by atoms with Crippen LogP contribution in [0.2, 0.25) is 0 Å². The van der Waals surface area contributed by atoms with Crippen LogP contribution in [0.3, 0.4) is 0 Å². The number of ether oxygens (including phenoxy) is 1. The molecule has 2 unspecified atom stereocenters. The standard InChI is InChI=1S/C10H17NO2/c11-8-3-1-5-10(12,7-8)9-4-2-6-13-9/h4,8,12H,1-3,5-7,11H2. The summed E-state index contributed by atoms with van der Waals surface area (Å²) in [5.41, 5.74) is 5.08. The summed E-state index contributed by atoms with van der Waals surface area (Å²) in [6.45, 7) is 0.715. The van der Waals surface area contributed by atoms with Gasteiger partial charge in [-0.05, 0) is 31.8 Å². The lowest BCUT2D eigenvalue weighted by atomic mass is 9.81. The van der Waals surface area contributed by atoms with Gasteiger partial charge in [-0.25, -0.2) is 0 Å². The minimum absolute atomic E-state index is 0.129. The van der Waals surface area contributed by atoms with Crippen LogP contribution in [0.1, 0.15) is 32.1 Å². The van der Waals surface area contributed by atoms with E-state index >= 15 is 0 Å². The average molecular weight is 183 g/mol. The Morgan fingerprint density at radius 3 is 3.08 bits per heavy atom. The SMILES string of the molecule is NC1CCCC(O)(C2=CCCO2)C1. The van der Waals surface area contributed by atoms with E-state index in [9.17, 15) is 5.11 Å². The van der Waals surface area contributed by atoms with Gasteiger partial charge in [-0.3, -0.25) is 0 Å². The van der Waals surface area contributed by atoms with Gasteiger partial charge in [0, 0.05) is 12.5 Å². The Morgan fingerprint density at radius 2 is 2.46 bits per heavy atom. The third kappa shape index (κ3) is 1.71. The van der Waals surface area contributed by atoms with Gasteiger partial charge in [-0.15, -0.1) is 0 Å². The van der Waals surface area contributed by atoms with E-state index in [0.29, 0.717) is 13.0 Å². The summed E-state index contributed by atoms with van der Waals surface area (Å²) in [5.74, 6) is 0.766. The summed E-state index contributed by atoms with van der Waals surface area (Å²) in [5, 5.41) is 10.3. The van der Waals surface area contributed by atoms with Crippen LogP contribution in [0.5, 0.6) is 0 Å². The molecule has 3 heteroatoms. The molecule has 0 spiro atoms. The third-order valence-corrected chi connectivity index (χ3v) is 2.93. The fourth-order valence-electron chi connectivity index (χ4n) is 2.26. The highest BCUT2D eigenvalue weighted by Crippen LogP contribution is 2.36. The largest absolute Gasteiger partial charge is 0.495 e. The van der Waals surface area contributed by atoms with Crippen LogP contribution in [-0.4, -0.2) is 23.4 Å². The van der Waals surface area contributed by atoms with Gasteiger partial charge in [0.1, 0.15) is 11.4 Å². The highest BCUT2D eigenvalue weighted by Gasteiger charge is 2.38. The third-order valence-electron chi connectivity index (χ3n) is 2.93. The van der Waals surface area contributed by atoms with Crippen molar-refractivity contribution in [3.05, 3.63) is 11.8 Å². The topological polar surface area (TPSA) is 55.5 Å². The minimum atomic E-state index is -0.756. The Morgan fingerprint density at radius 1 is 1.62 bits per heavy atom. The molecule has 74 valence electrons. The highest BCUT2D eigenvalue weighted by atomic mass is 16.5. The van der Waals surface area contributed by atoms with Gasteiger partial charge in [-0.1, -0.05) is 0 Å². The van der Waals surface area contributed by atoms with Crippen molar-refractivity contribution in [2.24, 2.45) is 5.73 Å². The maximum atomic E-state index is 10.3. The number of nitrogens with two attached hydrogens (primary N) is 1. The highest BCUT2D eigenvalue weighted by molar-refractivity contribution is 5.15. The van der Waals surface area contributed by atoms with Crippen molar-refractivity contribution in [3.8, 4) is 0 Å². The van der Waals surface area contributed by atoms with Crippen LogP contribution in [-0.2, 0) is 4.74 Å². The van der Waals surface area contributed by atoms with Crippen molar-refractivity contribution < 1.29 is 9.84 Å². The molecule has 2 rings (SSSR count). The molecule has 2 atom stereocenters. The first-order valence-corrected chi connectivity index (χ1v) is 5.02. The number of rotatable bonds is 1. The first-order chi connectivity index (χ1) is 6.21. The second-order valence-corrected chi connectivity index (χ2v) is 4.09. The molecule has 0 radical (unpaired) electrons. The molecule has 1 aliphatic carbocycles. The van der Waals surface area contributed by atoms with Crippen LogP contribution >= 0.6 is 0 Å². The van der Waals surface area contributed by atoms with E-state index < -0.39 is 5.60 Å². The smallest absolute Gasteiger partial charge is 0.124 e. The Labute approximate surface area is 78.6 Å². The molecule has 0 aromatic rings. The van der Waals surface area contributed by atoms with Crippen molar-refractivity contribution in [1.82, 2.24) is 0 Å². The molecular weight excluding hydrogens is 166 g/mol. The molecule has 0 bridgehead atoms. The summed E-state index contributed by atoms with van der Waals surface area (Å²) >= 11 is 0. The lowest BCUT2D eigenvalue weighted by molar-refractivity contribution is -0.0149. The predicted octanol–water partition coefficient (Wildman–Crippen LogP) is 0.923. The van der Waals surface area contributed by atoms with Crippen LogP contribution < -0.4 is 5.73 Å². The van der Waals surface area contributed by atoms with Crippen molar-refractivity contribution in [1.29, 1.82) is 0 Å². The van der Waals surface area contributed by atoms with Crippen molar-refractivity contribution in [2.75, 3.05) is 6.61 Å². The summed E-state index contributed by atoms with van der Waals surface area (Å²) in [6.07, 6.45) is 6.39. The molecular formula is C10H17NO2. The molecule has 0 amide bonds. The molecule has 2 aliphatic rings. The van der Waals surface area contributed by atoms with E-state index in [1.165, 1.54) is 0 Å². The lowest BCUT2D eigenvalue weighted by Gasteiger charge is -2.35. The van der Waals surface area contributed by atoms with Crippen LogP contribution in [0.15, 0.2) is 11.8 Å². The molecule has 0 aromatic carbocycles. The van der Waals surface area contributed by atoms with Crippen molar-refractivity contribution in [3.63, 3.8) is 0 Å². The Balaban J connectivity index is 2.09. The quantitative estimate of drug-likeness (QED) is 0.635. The van der Waals surface area contributed by atoms with Gasteiger partial charge >= 0.3 is 0 Å². The zero-order chi connectivity index (χ0) is 9.31. The fourth-order valence-corrected chi connectivity index (χ4v) is 2.26. The second-order valence-electron chi connectivity index (χ2n) is 4.09. The number of hydrogen-bond acceptors (Lipinski definition) is 3. The molecule has 1 fully saturated rings. The molecule has 1 aliphatic heterocycles. The van der Waals surface area contributed by atoms with E-state index in [2.05, 4.69) is 0 Å². The fraction of sp³-hybridized carbons (Fsp3) is 0.800. The van der Waals surface area contributed by atoms with E-state index in [-0.39, 0.29) is 6.04 Å². The number of aliphatic hydroxyl groups is 1. The van der Waals surface area contributed by atoms with Gasteiger partial charge in [0.15, 0.2) is 0 Å². The zero-order valence-electron chi connectivity index (χ0n) is 7.83. The molecule has 13 heavy (non-hydrogen) atoms. The Hall–Kier alpha value is -0.540. The Bertz CT molecular complexity index is 227. The molecule has 3 N–H and O–H groups in total. The average Bonchev–Trinajstić information content (AvgIpc) is 2.55. The maximum Gasteiger partial charge on any atom is 0.124 e. The van der Waals surface area contributed by atoms with Crippen LogP contribution in [0.25, 0.3) is 0 Å². The second kappa shape index (κ2) is 3.31. The maximum absolute atomic E-state index is 10.3. The normalized spacial score (nSPS) is 39.8. The van der Waals surface area contributed by atoms with E-state index in [0.717, 1.165) is 31.4 Å². The molecule has 1 heterocycles. The zero-order valence-corrected chi connectivity index (χ0v) is 7.83. The Kier molecular flexibility index (Phi) is 2.30. The predicted molar refractivity (Wildman–Crippen MR) is 50.0 cm³/mol. The molecule has 1 saturated carbocycles. The van der Waals surface area contributed by atoms with Gasteiger partial charge in [0.2, 0.25) is 0 Å². The molecule has 3 nitrogen and oxygen atoms in total. The van der Waals surface area contributed by atoms with Crippen molar-refractivity contribution >= 4 is 0 Å². The first kappa shape index (κ1) is 9.03. The van der Waals surface area contributed by atoms with Gasteiger partial charge < -0.3 is 15.6 Å². The monoisotopic (exact) mass is 183 g/mol. The summed E-state index contributed by atoms with van der Waals surface area (Å²) in [4.78, 5) is 0. The summed E-state index contributed by atoms with van der Waals surface area (Å²) in [7, 11) is 0. The first-order valence-electron chi connectivity index (χ1n) is 5.02. The lowest BCUT2D eigenvalue weighted by Crippen LogP contribution is -2.42. The number of hydrogen-bond donors (Lipinski definition) is 2. The molecule has 0 saturated heterocycles. The van der Waals surface area contributed by atoms with Crippen molar-refractivity contribution in [2.45, 2.75) is 43.7 Å². The summed E-state index contributed by atoms with van der Waals surface area (Å²) < 4.78 is 5.40. The molecule has 0 aromatic heterocycles. The van der Waals surface area contributed by atoms with Gasteiger partial charge in [0.25, 0.3) is 0 Å². The minimum Gasteiger partial charge on any atom is -0.495 e. The van der Waals surface area contributed by atoms with Crippen LogP contribution in [0, 0.1) is 0 Å². The van der Waals surface area contributed by atoms with E-state index in [1.807, 2.05) is 6.08 Å². The van der Waals surface area contributed by atoms with Gasteiger partial charge in [-0.2, -0.15) is 0 Å².